The Bertz CT molecular complexity index is 1500. The molecule has 0 unspecified atom stereocenters. The fourth-order valence-electron chi connectivity index (χ4n) is 4.22. The lowest BCUT2D eigenvalue weighted by Crippen LogP contribution is -2.33. The van der Waals surface area contributed by atoms with Crippen LogP contribution >= 0.6 is 0 Å². The van der Waals surface area contributed by atoms with Gasteiger partial charge in [0.05, 0.1) is 17.1 Å². The lowest BCUT2D eigenvalue weighted by atomic mass is 9.83. The molecule has 3 amide bonds. The Morgan fingerprint density at radius 1 is 1.08 bits per heavy atom. The number of benzene rings is 2. The maximum Gasteiger partial charge on any atom is 0.325 e. The van der Waals surface area contributed by atoms with Gasteiger partial charge in [0.25, 0.3) is 5.91 Å². The van der Waals surface area contributed by atoms with Crippen molar-refractivity contribution in [2.75, 3.05) is 4.90 Å². The smallest absolute Gasteiger partial charge is 0.325 e. The highest BCUT2D eigenvalue weighted by Gasteiger charge is 2.28. The first-order valence-electron chi connectivity index (χ1n) is 11.8. The fourth-order valence-corrected chi connectivity index (χ4v) is 4.22. The second kappa shape index (κ2) is 9.73. The summed E-state index contributed by atoms with van der Waals surface area (Å²) in [5, 5.41) is 4.80. The molecule has 1 saturated carbocycles. The molecule has 2 aromatic carbocycles. The lowest BCUT2D eigenvalue weighted by molar-refractivity contribution is 0.0995. The number of ether oxygens (including phenoxy) is 1. The van der Waals surface area contributed by atoms with E-state index < -0.39 is 17.8 Å². The Kier molecular flexibility index (Phi) is 6.31. The van der Waals surface area contributed by atoms with Crippen molar-refractivity contribution >= 4 is 23.4 Å². The zero-order chi connectivity index (χ0) is 26.1. The molecule has 4 N–H and O–H groups in total. The van der Waals surface area contributed by atoms with Crippen molar-refractivity contribution in [3.63, 3.8) is 0 Å². The summed E-state index contributed by atoms with van der Waals surface area (Å²) in [7, 11) is 0. The number of amides is 3. The molecule has 37 heavy (non-hydrogen) atoms. The van der Waals surface area contributed by atoms with Crippen LogP contribution in [0.4, 0.5) is 20.7 Å². The van der Waals surface area contributed by atoms with Crippen LogP contribution in [-0.2, 0) is 0 Å². The summed E-state index contributed by atoms with van der Waals surface area (Å²) in [4.78, 5) is 29.2. The summed E-state index contributed by atoms with van der Waals surface area (Å²) in [5.74, 6) is -0.681. The zero-order valence-electron chi connectivity index (χ0n) is 20.1. The van der Waals surface area contributed by atoms with Crippen molar-refractivity contribution in [2.45, 2.75) is 32.1 Å². The van der Waals surface area contributed by atoms with Gasteiger partial charge in [-0.25, -0.2) is 18.8 Å². The van der Waals surface area contributed by atoms with Crippen LogP contribution in [0.5, 0.6) is 11.5 Å². The number of rotatable bonds is 7. The average molecular weight is 501 g/mol. The minimum atomic E-state index is -0.790. The van der Waals surface area contributed by atoms with Crippen LogP contribution in [-0.4, -0.2) is 26.7 Å². The van der Waals surface area contributed by atoms with Gasteiger partial charge in [0.15, 0.2) is 11.6 Å². The number of anilines is 2. The van der Waals surface area contributed by atoms with E-state index in [0.29, 0.717) is 11.7 Å². The van der Waals surface area contributed by atoms with Crippen molar-refractivity contribution in [3.8, 4) is 17.2 Å². The molecule has 9 nitrogen and oxygen atoms in total. The molecule has 1 aliphatic rings. The summed E-state index contributed by atoms with van der Waals surface area (Å²) < 4.78 is 22.4. The predicted octanol–water partition coefficient (Wildman–Crippen LogP) is 5.09. The summed E-state index contributed by atoms with van der Waals surface area (Å²) in [6.07, 6.45) is 4.51. The van der Waals surface area contributed by atoms with Gasteiger partial charge in [0.1, 0.15) is 17.3 Å². The molecule has 0 spiro atoms. The molecule has 5 rings (SSSR count). The second-order valence-electron chi connectivity index (χ2n) is 8.94. The number of nitrogens with zero attached hydrogens (tertiary/aromatic N) is 4. The van der Waals surface area contributed by atoms with E-state index in [0.717, 1.165) is 42.3 Å². The van der Waals surface area contributed by atoms with E-state index in [2.05, 4.69) is 4.98 Å². The van der Waals surface area contributed by atoms with Crippen LogP contribution in [0.2, 0.25) is 0 Å². The minimum Gasteiger partial charge on any atom is -0.454 e. The second-order valence-corrected chi connectivity index (χ2v) is 8.94. The zero-order valence-corrected chi connectivity index (χ0v) is 20.1. The van der Waals surface area contributed by atoms with E-state index in [1.165, 1.54) is 35.4 Å². The van der Waals surface area contributed by atoms with Crippen molar-refractivity contribution in [1.29, 1.82) is 0 Å². The van der Waals surface area contributed by atoms with Crippen molar-refractivity contribution in [3.05, 3.63) is 89.6 Å². The number of nitrogens with two attached hydrogens (primary N) is 2. The molecule has 4 aromatic rings. The highest BCUT2D eigenvalue weighted by molar-refractivity contribution is 5.98. The van der Waals surface area contributed by atoms with Gasteiger partial charge in [0.2, 0.25) is 0 Å². The Labute approximate surface area is 212 Å². The number of primary amides is 2. The van der Waals surface area contributed by atoms with Crippen LogP contribution in [0.25, 0.3) is 5.69 Å². The third kappa shape index (κ3) is 4.86. The summed E-state index contributed by atoms with van der Waals surface area (Å²) >= 11 is 0. The number of aromatic nitrogens is 3. The third-order valence-electron chi connectivity index (χ3n) is 6.31. The van der Waals surface area contributed by atoms with Gasteiger partial charge in [-0.3, -0.25) is 9.78 Å². The predicted molar refractivity (Wildman–Crippen MR) is 136 cm³/mol. The minimum absolute atomic E-state index is 0.0129. The normalized spacial score (nSPS) is 13.1. The van der Waals surface area contributed by atoms with E-state index in [9.17, 15) is 9.59 Å². The molecule has 2 aromatic heterocycles. The van der Waals surface area contributed by atoms with E-state index in [1.54, 1.807) is 4.68 Å². The molecule has 1 aliphatic carbocycles. The first kappa shape index (κ1) is 24.0. The first-order valence-corrected chi connectivity index (χ1v) is 11.8. The van der Waals surface area contributed by atoms with Crippen LogP contribution in [0.1, 0.15) is 46.9 Å². The maximum absolute atomic E-state index is 15.2. The molecule has 2 heterocycles. The summed E-state index contributed by atoms with van der Waals surface area (Å²) in [6, 6.07) is 15.6. The van der Waals surface area contributed by atoms with E-state index in [1.807, 2.05) is 37.3 Å². The van der Waals surface area contributed by atoms with Crippen molar-refractivity contribution in [1.82, 2.24) is 14.8 Å². The molecule has 0 saturated heterocycles. The molecule has 10 heteroatoms. The fraction of sp³-hybridized carbons (Fsp3) is 0.185. The molecule has 0 atom stereocenters. The van der Waals surface area contributed by atoms with Crippen LogP contribution in [0.15, 0.2) is 66.9 Å². The number of pyridine rings is 1. The molecule has 0 bridgehead atoms. The Morgan fingerprint density at radius 2 is 1.89 bits per heavy atom. The molecule has 0 radical (unpaired) electrons. The van der Waals surface area contributed by atoms with Gasteiger partial charge in [-0.15, -0.1) is 0 Å². The maximum atomic E-state index is 15.2. The number of hydrogen-bond acceptors (Lipinski definition) is 5. The molecular formula is C27H25FN6O3. The number of hydrogen-bond donors (Lipinski definition) is 2. The SMILES string of the molecule is Cc1cccc(-n2nc(C3CCC3)cc2N(C(N)=O)c2ccc(Oc3ccnc(C(N)=O)c3)c(F)c2)c1. The van der Waals surface area contributed by atoms with Gasteiger partial charge < -0.3 is 16.2 Å². The number of aryl methyl sites for hydroxylation is 1. The number of urea groups is 1. The van der Waals surface area contributed by atoms with Gasteiger partial charge in [-0.1, -0.05) is 18.6 Å². The van der Waals surface area contributed by atoms with Crippen molar-refractivity contribution < 1.29 is 18.7 Å². The Balaban J connectivity index is 1.53. The van der Waals surface area contributed by atoms with Crippen LogP contribution in [0.3, 0.4) is 0 Å². The van der Waals surface area contributed by atoms with Gasteiger partial charge in [-0.2, -0.15) is 5.10 Å². The number of carbonyl (C=O) groups excluding carboxylic acids is 2. The average Bonchev–Trinajstić information content (AvgIpc) is 3.23. The molecular weight excluding hydrogens is 475 g/mol. The van der Waals surface area contributed by atoms with Crippen molar-refractivity contribution in [2.24, 2.45) is 11.5 Å². The largest absolute Gasteiger partial charge is 0.454 e. The Hall–Kier alpha value is -4.73. The molecule has 188 valence electrons. The number of halogens is 1. The summed E-state index contributed by atoms with van der Waals surface area (Å²) in [5.41, 5.74) is 13.9. The third-order valence-corrected chi connectivity index (χ3v) is 6.31. The summed E-state index contributed by atoms with van der Waals surface area (Å²) in [6.45, 7) is 1.97. The van der Waals surface area contributed by atoms with Crippen LogP contribution in [0, 0.1) is 12.7 Å². The first-order chi connectivity index (χ1) is 17.8. The highest BCUT2D eigenvalue weighted by Crippen LogP contribution is 2.39. The molecule has 0 aliphatic heterocycles. The van der Waals surface area contributed by atoms with Crippen LogP contribution < -0.4 is 21.1 Å². The van der Waals surface area contributed by atoms with Gasteiger partial charge >= 0.3 is 6.03 Å². The van der Waals surface area contributed by atoms with E-state index in [4.69, 9.17) is 21.3 Å². The highest BCUT2D eigenvalue weighted by atomic mass is 19.1. The Morgan fingerprint density at radius 3 is 2.54 bits per heavy atom. The lowest BCUT2D eigenvalue weighted by Gasteiger charge is -2.23. The van der Waals surface area contributed by atoms with Gasteiger partial charge in [0, 0.05) is 30.3 Å². The number of carbonyl (C=O) groups is 2. The standard InChI is InChI=1S/C27H25FN6O3/c1-16-4-2-7-19(12-16)34-25(15-22(32-34)17-5-3-6-17)33(27(30)36)18-8-9-24(21(28)13-18)37-20-10-11-31-23(14-20)26(29)35/h2,4,7-15,17H,3,5-6H2,1H3,(H2,29,35)(H2,30,36). The monoisotopic (exact) mass is 500 g/mol. The van der Waals surface area contributed by atoms with E-state index >= 15 is 4.39 Å². The molecule has 1 fully saturated rings. The quantitative estimate of drug-likeness (QED) is 0.365. The van der Waals surface area contributed by atoms with E-state index in [-0.39, 0.29) is 22.9 Å². The topological polar surface area (TPSA) is 129 Å². The van der Waals surface area contributed by atoms with Gasteiger partial charge in [-0.05, 0) is 55.7 Å².